The predicted octanol–water partition coefficient (Wildman–Crippen LogP) is 2.54. The Hall–Kier alpha value is -3.97. The summed E-state index contributed by atoms with van der Waals surface area (Å²) in [6.07, 6.45) is 7.67. The quantitative estimate of drug-likeness (QED) is 0.403. The van der Waals surface area contributed by atoms with Gasteiger partial charge in [-0.1, -0.05) is 0 Å². The number of nitrogen functional groups attached to an aromatic ring is 1. The van der Waals surface area contributed by atoms with Gasteiger partial charge in [0.1, 0.15) is 17.6 Å². The van der Waals surface area contributed by atoms with Crippen LogP contribution in [0.2, 0.25) is 0 Å². The van der Waals surface area contributed by atoms with Crippen LogP contribution in [0.25, 0.3) is 28.2 Å². The Morgan fingerprint density at radius 3 is 2.76 bits per heavy atom. The van der Waals surface area contributed by atoms with Crippen molar-refractivity contribution in [3.8, 4) is 34.0 Å². The number of pyridine rings is 1. The number of hydrogen-bond donors (Lipinski definition) is 2. The first kappa shape index (κ1) is 23.4. The fraction of sp³-hybridized carbons (Fsp3) is 0.375. The summed E-state index contributed by atoms with van der Waals surface area (Å²) in [6.45, 7) is 2.76. The number of benzene rings is 1. The zero-order valence-corrected chi connectivity index (χ0v) is 19.8. The maximum absolute atomic E-state index is 15.2. The highest BCUT2D eigenvalue weighted by Crippen LogP contribution is 2.32. The molecule has 0 bridgehead atoms. The number of tetrazole rings is 1. The second-order valence-electron chi connectivity index (χ2n) is 9.08. The van der Waals surface area contributed by atoms with Gasteiger partial charge in [-0.05, 0) is 54.6 Å². The highest BCUT2D eigenvalue weighted by atomic mass is 19.2. The van der Waals surface area contributed by atoms with Crippen LogP contribution in [0.3, 0.4) is 0 Å². The lowest BCUT2D eigenvalue weighted by Gasteiger charge is -2.22. The van der Waals surface area contributed by atoms with Crippen molar-refractivity contribution >= 4 is 5.82 Å². The van der Waals surface area contributed by atoms with E-state index in [9.17, 15) is 4.39 Å². The fourth-order valence-electron chi connectivity index (χ4n) is 4.65. The number of anilines is 1. The first-order valence-electron chi connectivity index (χ1n) is 12.1. The molecule has 4 aromatic rings. The highest BCUT2D eigenvalue weighted by Gasteiger charge is 2.25. The maximum atomic E-state index is 15.2. The van der Waals surface area contributed by atoms with E-state index in [0.29, 0.717) is 31.2 Å². The van der Waals surface area contributed by atoms with E-state index in [-0.39, 0.29) is 29.2 Å². The Labute approximate surface area is 210 Å². The molecular formula is C24H25F2N9O2. The average molecular weight is 510 g/mol. The molecule has 0 amide bonds. The number of rotatable bonds is 6. The Balaban J connectivity index is 1.32. The number of hydrogen-bond acceptors (Lipinski definition) is 9. The Bertz CT molecular complexity index is 1410. The topological polar surface area (TPSA) is 131 Å². The van der Waals surface area contributed by atoms with Crippen molar-refractivity contribution in [2.45, 2.75) is 31.4 Å². The lowest BCUT2D eigenvalue weighted by atomic mass is 10.1. The molecule has 6 rings (SSSR count). The number of nitrogens with zero attached hydrogens (tertiary/aromatic N) is 7. The Morgan fingerprint density at radius 2 is 1.95 bits per heavy atom. The zero-order chi connectivity index (χ0) is 25.4. The predicted molar refractivity (Wildman–Crippen MR) is 129 cm³/mol. The van der Waals surface area contributed by atoms with Crippen LogP contribution in [0.1, 0.15) is 25.3 Å². The molecule has 0 saturated carbocycles. The summed E-state index contributed by atoms with van der Waals surface area (Å²) < 4.78 is 43.9. The van der Waals surface area contributed by atoms with Crippen LogP contribution in [0, 0.1) is 11.6 Å². The number of nitrogens with two attached hydrogens (primary N) is 1. The molecule has 3 aromatic heterocycles. The van der Waals surface area contributed by atoms with Gasteiger partial charge in [0.2, 0.25) is 5.82 Å². The molecule has 2 fully saturated rings. The molecule has 2 aliphatic rings. The van der Waals surface area contributed by atoms with Crippen LogP contribution in [0.15, 0.2) is 36.8 Å². The van der Waals surface area contributed by atoms with E-state index in [2.05, 4.69) is 30.9 Å². The van der Waals surface area contributed by atoms with Crippen molar-refractivity contribution in [3.05, 3.63) is 48.4 Å². The molecule has 1 atom stereocenters. The number of nitrogens with one attached hydrogen (secondary N) is 1. The van der Waals surface area contributed by atoms with Gasteiger partial charge < -0.3 is 20.5 Å². The summed E-state index contributed by atoms with van der Waals surface area (Å²) in [7, 11) is 0. The van der Waals surface area contributed by atoms with E-state index in [1.54, 1.807) is 18.5 Å². The normalized spacial score (nSPS) is 18.4. The number of halogens is 2. The molecule has 2 saturated heterocycles. The van der Waals surface area contributed by atoms with Gasteiger partial charge in [-0.15, -0.1) is 5.10 Å². The largest absolute Gasteiger partial charge is 0.485 e. The third-order valence-electron chi connectivity index (χ3n) is 6.68. The van der Waals surface area contributed by atoms with Crippen molar-refractivity contribution in [1.82, 2.24) is 40.3 Å². The molecule has 1 aromatic carbocycles. The van der Waals surface area contributed by atoms with Gasteiger partial charge in [-0.25, -0.2) is 9.37 Å². The minimum Gasteiger partial charge on any atom is -0.485 e. The van der Waals surface area contributed by atoms with Gasteiger partial charge >= 0.3 is 0 Å². The van der Waals surface area contributed by atoms with Crippen LogP contribution < -0.4 is 15.8 Å². The summed E-state index contributed by atoms with van der Waals surface area (Å²) in [5.41, 5.74) is 7.95. The molecule has 3 N–H and O–H groups in total. The molecule has 0 spiro atoms. The van der Waals surface area contributed by atoms with Gasteiger partial charge in [0.15, 0.2) is 17.4 Å². The first-order chi connectivity index (χ1) is 18.1. The standard InChI is InChI=1S/C24H25F2N9O2/c25-21-19(1-2-20(22(21)26)37-17-5-8-36-13-17)35-24(31-32-33-35)18-9-14(10-29-23(18)27)15-11-30-34(12-15)16-3-6-28-7-4-16/h1-2,9-12,16-17,28H,3-8,13H2,(H2,27,29). The molecular weight excluding hydrogens is 484 g/mol. The van der Waals surface area contributed by atoms with E-state index in [1.165, 1.54) is 12.1 Å². The van der Waals surface area contributed by atoms with Crippen molar-refractivity contribution in [1.29, 1.82) is 0 Å². The van der Waals surface area contributed by atoms with Crippen molar-refractivity contribution in [3.63, 3.8) is 0 Å². The summed E-state index contributed by atoms with van der Waals surface area (Å²) >= 11 is 0. The molecule has 1 unspecified atom stereocenters. The monoisotopic (exact) mass is 509 g/mol. The smallest absolute Gasteiger partial charge is 0.202 e. The minimum atomic E-state index is -1.14. The van der Waals surface area contributed by atoms with Crippen LogP contribution >= 0.6 is 0 Å². The van der Waals surface area contributed by atoms with Gasteiger partial charge in [0.25, 0.3) is 0 Å². The molecule has 2 aliphatic heterocycles. The van der Waals surface area contributed by atoms with Gasteiger partial charge in [-0.2, -0.15) is 14.2 Å². The summed E-state index contributed by atoms with van der Waals surface area (Å²) in [6, 6.07) is 4.81. The molecule has 37 heavy (non-hydrogen) atoms. The van der Waals surface area contributed by atoms with E-state index in [4.69, 9.17) is 15.2 Å². The van der Waals surface area contributed by atoms with E-state index in [1.807, 2.05) is 10.9 Å². The number of ether oxygens (including phenoxy) is 2. The SMILES string of the molecule is Nc1ncc(-c2cnn(C3CCNCC3)c2)cc1-c1nnnn1-c1ccc(OC2CCOC2)c(F)c1F. The fourth-order valence-corrected chi connectivity index (χ4v) is 4.65. The average Bonchev–Trinajstić information content (AvgIpc) is 3.70. The van der Waals surface area contributed by atoms with Crippen LogP contribution in [-0.4, -0.2) is 67.4 Å². The number of piperidine rings is 1. The third kappa shape index (κ3) is 4.51. The molecule has 5 heterocycles. The molecule has 192 valence electrons. The molecule has 13 heteroatoms. The second-order valence-corrected chi connectivity index (χ2v) is 9.08. The van der Waals surface area contributed by atoms with Gasteiger partial charge in [0, 0.05) is 29.9 Å². The van der Waals surface area contributed by atoms with E-state index in [0.717, 1.165) is 41.7 Å². The van der Waals surface area contributed by atoms with Crippen LogP contribution in [0.4, 0.5) is 14.6 Å². The van der Waals surface area contributed by atoms with Crippen LogP contribution in [-0.2, 0) is 4.74 Å². The van der Waals surface area contributed by atoms with Crippen molar-refractivity contribution < 1.29 is 18.3 Å². The minimum absolute atomic E-state index is 0.119. The van der Waals surface area contributed by atoms with Crippen LogP contribution in [0.5, 0.6) is 5.75 Å². The molecule has 0 aliphatic carbocycles. The summed E-state index contributed by atoms with van der Waals surface area (Å²) in [5, 5.41) is 19.5. The molecule has 11 nitrogen and oxygen atoms in total. The third-order valence-corrected chi connectivity index (χ3v) is 6.68. The first-order valence-corrected chi connectivity index (χ1v) is 12.1. The van der Waals surface area contributed by atoms with Crippen molar-refractivity contribution in [2.75, 3.05) is 32.0 Å². The van der Waals surface area contributed by atoms with Gasteiger partial charge in [0.05, 0.1) is 31.0 Å². The molecule has 0 radical (unpaired) electrons. The second kappa shape index (κ2) is 9.82. The highest BCUT2D eigenvalue weighted by molar-refractivity contribution is 5.76. The number of aromatic nitrogens is 7. The Kier molecular flexibility index (Phi) is 6.22. The lowest BCUT2D eigenvalue weighted by molar-refractivity contribution is 0.137. The van der Waals surface area contributed by atoms with E-state index >= 15 is 4.39 Å². The maximum Gasteiger partial charge on any atom is 0.202 e. The summed E-state index contributed by atoms with van der Waals surface area (Å²) in [4.78, 5) is 4.30. The van der Waals surface area contributed by atoms with Crippen molar-refractivity contribution in [2.24, 2.45) is 0 Å². The Morgan fingerprint density at radius 1 is 1.08 bits per heavy atom. The summed E-state index contributed by atoms with van der Waals surface area (Å²) in [5.74, 6) is -2.20. The van der Waals surface area contributed by atoms with Gasteiger partial charge in [-0.3, -0.25) is 4.68 Å². The lowest BCUT2D eigenvalue weighted by Crippen LogP contribution is -2.29. The zero-order valence-electron chi connectivity index (χ0n) is 19.8. The van der Waals surface area contributed by atoms with E-state index < -0.39 is 11.6 Å².